The largest absolute Gasteiger partial charge is 0.743 e. The van der Waals surface area contributed by atoms with Crippen LogP contribution in [0.15, 0.2) is 49.1 Å². The van der Waals surface area contributed by atoms with E-state index in [1.54, 1.807) is 6.07 Å². The van der Waals surface area contributed by atoms with E-state index in [1.807, 2.05) is 0 Å². The van der Waals surface area contributed by atoms with Crippen molar-refractivity contribution in [1.82, 2.24) is 0 Å². The Hall–Kier alpha value is -3.06. The van der Waals surface area contributed by atoms with Crippen molar-refractivity contribution in [3.05, 3.63) is 54.6 Å². The minimum absolute atomic E-state index is 0.217. The van der Waals surface area contributed by atoms with Gasteiger partial charge in [0.2, 0.25) is 0 Å². The quantitative estimate of drug-likeness (QED) is 0.217. The van der Waals surface area contributed by atoms with Crippen LogP contribution in [-0.2, 0) is 19.6 Å². The zero-order valence-corrected chi connectivity index (χ0v) is 15.3. The fourth-order valence-corrected chi connectivity index (χ4v) is 2.68. The molecule has 0 aliphatic heterocycles. The average Bonchev–Trinajstić information content (AvgIpc) is 2.63. The standard InChI is InChI=1S/C17H11F5O7S/c1-2-13(23)28-12-8-10-6-4-3-5-9(10)7-11(12)14(24)29-15(16(18,19)20)17(21,22)30(25,26)27/h2-8,15H,1H2,(H,25,26,27)/p-1. The monoisotopic (exact) mass is 453 g/mol. The molecule has 1 atom stereocenters. The summed E-state index contributed by atoms with van der Waals surface area (Å²) in [5, 5.41) is -5.45. The third-order valence-corrected chi connectivity index (χ3v) is 4.49. The van der Waals surface area contributed by atoms with Crippen LogP contribution in [-0.4, -0.2) is 42.4 Å². The van der Waals surface area contributed by atoms with Gasteiger partial charge >= 0.3 is 23.4 Å². The van der Waals surface area contributed by atoms with Gasteiger partial charge in [0, 0.05) is 6.08 Å². The highest BCUT2D eigenvalue weighted by atomic mass is 32.2. The molecule has 0 radical (unpaired) electrons. The summed E-state index contributed by atoms with van der Waals surface area (Å²) >= 11 is 0. The van der Waals surface area contributed by atoms with Gasteiger partial charge in [-0.15, -0.1) is 0 Å². The Bertz CT molecular complexity index is 1110. The van der Waals surface area contributed by atoms with Crippen molar-refractivity contribution >= 4 is 32.8 Å². The third kappa shape index (κ3) is 4.74. The number of hydrogen-bond donors (Lipinski definition) is 0. The van der Waals surface area contributed by atoms with Gasteiger partial charge in [-0.1, -0.05) is 30.8 Å². The van der Waals surface area contributed by atoms with Crippen molar-refractivity contribution in [2.45, 2.75) is 17.5 Å². The molecular formula is C17H10F5O7S-. The summed E-state index contributed by atoms with van der Waals surface area (Å²) in [5.74, 6) is -3.92. The Labute approximate surface area is 165 Å². The summed E-state index contributed by atoms with van der Waals surface area (Å²) in [7, 11) is -6.86. The fourth-order valence-electron chi connectivity index (χ4n) is 2.24. The highest BCUT2D eigenvalue weighted by Gasteiger charge is 2.63. The molecule has 0 saturated carbocycles. The minimum atomic E-state index is -6.86. The molecule has 0 spiro atoms. The van der Waals surface area contributed by atoms with Gasteiger partial charge in [-0.2, -0.15) is 22.0 Å². The zero-order chi connectivity index (χ0) is 22.9. The molecule has 0 aromatic heterocycles. The molecule has 2 aromatic carbocycles. The molecule has 0 heterocycles. The molecule has 0 bridgehead atoms. The van der Waals surface area contributed by atoms with E-state index >= 15 is 0 Å². The van der Waals surface area contributed by atoms with Crippen molar-refractivity contribution in [3.8, 4) is 5.75 Å². The maximum Gasteiger partial charge on any atom is 0.432 e. The number of carbonyl (C=O) groups excluding carboxylic acids is 2. The Morgan fingerprint density at radius 3 is 2.07 bits per heavy atom. The van der Waals surface area contributed by atoms with E-state index in [2.05, 4.69) is 11.3 Å². The first kappa shape index (κ1) is 23.2. The fraction of sp³-hybridized carbons (Fsp3) is 0.176. The van der Waals surface area contributed by atoms with Gasteiger partial charge < -0.3 is 14.0 Å². The lowest BCUT2D eigenvalue weighted by molar-refractivity contribution is -0.248. The van der Waals surface area contributed by atoms with Gasteiger partial charge in [-0.25, -0.2) is 18.0 Å². The Balaban J connectivity index is 2.58. The predicted molar refractivity (Wildman–Crippen MR) is 89.7 cm³/mol. The summed E-state index contributed by atoms with van der Waals surface area (Å²) < 4.78 is 106. The maximum atomic E-state index is 13.6. The van der Waals surface area contributed by atoms with Gasteiger partial charge in [-0.05, 0) is 22.9 Å². The van der Waals surface area contributed by atoms with Gasteiger partial charge in [0.05, 0.1) is 0 Å². The van der Waals surface area contributed by atoms with Crippen molar-refractivity contribution in [1.29, 1.82) is 0 Å². The van der Waals surface area contributed by atoms with E-state index in [-0.39, 0.29) is 5.39 Å². The van der Waals surface area contributed by atoms with Crippen LogP contribution >= 0.6 is 0 Å². The van der Waals surface area contributed by atoms with E-state index in [1.165, 1.54) is 18.2 Å². The van der Waals surface area contributed by atoms with E-state index < -0.39 is 50.9 Å². The molecule has 7 nitrogen and oxygen atoms in total. The van der Waals surface area contributed by atoms with Crippen molar-refractivity contribution < 1.29 is 54.0 Å². The average molecular weight is 453 g/mol. The molecule has 0 amide bonds. The van der Waals surface area contributed by atoms with Crippen LogP contribution in [0.3, 0.4) is 0 Å². The lowest BCUT2D eigenvalue weighted by Crippen LogP contribution is -2.52. The van der Waals surface area contributed by atoms with Crippen molar-refractivity contribution in [3.63, 3.8) is 0 Å². The van der Waals surface area contributed by atoms with E-state index in [0.29, 0.717) is 11.5 Å². The molecule has 0 aliphatic rings. The molecule has 0 aliphatic carbocycles. The molecular weight excluding hydrogens is 443 g/mol. The molecule has 13 heteroatoms. The van der Waals surface area contributed by atoms with Crippen molar-refractivity contribution in [2.75, 3.05) is 0 Å². The lowest BCUT2D eigenvalue weighted by atomic mass is 10.1. The summed E-state index contributed by atoms with van der Waals surface area (Å²) in [6, 6.07) is 7.80. The molecule has 30 heavy (non-hydrogen) atoms. The second-order valence-corrected chi connectivity index (χ2v) is 7.12. The Morgan fingerprint density at radius 1 is 1.07 bits per heavy atom. The molecule has 162 valence electrons. The van der Waals surface area contributed by atoms with Crippen LogP contribution in [0.4, 0.5) is 22.0 Å². The first-order chi connectivity index (χ1) is 13.7. The minimum Gasteiger partial charge on any atom is -0.743 e. The van der Waals surface area contributed by atoms with Crippen LogP contribution in [0, 0.1) is 0 Å². The number of carbonyl (C=O) groups is 2. The van der Waals surface area contributed by atoms with Crippen LogP contribution in [0.5, 0.6) is 5.75 Å². The number of esters is 2. The molecule has 0 N–H and O–H groups in total. The molecule has 2 aromatic rings. The normalized spacial score (nSPS) is 13.5. The molecule has 0 fully saturated rings. The van der Waals surface area contributed by atoms with Crippen LogP contribution in [0.1, 0.15) is 10.4 Å². The Kier molecular flexibility index (Phi) is 6.18. The number of alkyl halides is 5. The SMILES string of the molecule is C=CC(=O)Oc1cc2ccccc2cc1C(=O)OC(C(F)(F)F)C(F)(F)S(=O)(=O)[O-]. The number of rotatable bonds is 6. The van der Waals surface area contributed by atoms with Crippen LogP contribution in [0.25, 0.3) is 10.8 Å². The first-order valence-corrected chi connectivity index (χ1v) is 9.07. The van der Waals surface area contributed by atoms with E-state index in [0.717, 1.165) is 12.1 Å². The van der Waals surface area contributed by atoms with E-state index in [4.69, 9.17) is 4.74 Å². The zero-order valence-electron chi connectivity index (χ0n) is 14.5. The second kappa shape index (κ2) is 7.99. The van der Waals surface area contributed by atoms with Crippen LogP contribution < -0.4 is 4.74 Å². The van der Waals surface area contributed by atoms with Gasteiger partial charge in [0.25, 0.3) is 6.10 Å². The number of ether oxygens (including phenoxy) is 2. The summed E-state index contributed by atoms with van der Waals surface area (Å²) in [6.07, 6.45) is -10.1. The summed E-state index contributed by atoms with van der Waals surface area (Å²) in [5.41, 5.74) is -0.905. The number of hydrogen-bond acceptors (Lipinski definition) is 7. The van der Waals surface area contributed by atoms with E-state index in [9.17, 15) is 44.5 Å². The smallest absolute Gasteiger partial charge is 0.432 e. The molecule has 0 saturated heterocycles. The van der Waals surface area contributed by atoms with Crippen LogP contribution in [0.2, 0.25) is 0 Å². The van der Waals surface area contributed by atoms with Gasteiger partial charge in [-0.3, -0.25) is 0 Å². The summed E-state index contributed by atoms with van der Waals surface area (Å²) in [4.78, 5) is 23.7. The van der Waals surface area contributed by atoms with Crippen molar-refractivity contribution in [2.24, 2.45) is 0 Å². The highest BCUT2D eigenvalue weighted by molar-refractivity contribution is 7.86. The lowest BCUT2D eigenvalue weighted by Gasteiger charge is -2.29. The third-order valence-electron chi connectivity index (χ3n) is 3.61. The number of benzene rings is 2. The predicted octanol–water partition coefficient (Wildman–Crippen LogP) is 3.16. The first-order valence-electron chi connectivity index (χ1n) is 7.66. The number of halogens is 5. The molecule has 2 rings (SSSR count). The molecule has 1 unspecified atom stereocenters. The summed E-state index contributed by atoms with van der Waals surface area (Å²) in [6.45, 7) is 3.09. The maximum absolute atomic E-state index is 13.6. The second-order valence-electron chi connectivity index (χ2n) is 5.66. The topological polar surface area (TPSA) is 110 Å². The Morgan fingerprint density at radius 2 is 1.60 bits per heavy atom. The van der Waals surface area contributed by atoms with Gasteiger partial charge in [0.1, 0.15) is 11.3 Å². The van der Waals surface area contributed by atoms with Gasteiger partial charge in [0.15, 0.2) is 10.1 Å². The number of fused-ring (bicyclic) bond motifs is 1. The highest BCUT2D eigenvalue weighted by Crippen LogP contribution is 2.39.